The Labute approximate surface area is 282 Å². The Morgan fingerprint density at radius 1 is 0.745 bits per heavy atom. The molecule has 47 heavy (non-hydrogen) atoms. The summed E-state index contributed by atoms with van der Waals surface area (Å²) < 4.78 is 11.2. The van der Waals surface area contributed by atoms with Crippen LogP contribution in [-0.2, 0) is 30.3 Å². The molecule has 3 atom stereocenters. The second kappa shape index (κ2) is 18.5. The Morgan fingerprint density at radius 3 is 1.83 bits per heavy atom. The van der Waals surface area contributed by atoms with E-state index in [-0.39, 0.29) is 18.9 Å². The van der Waals surface area contributed by atoms with E-state index in [9.17, 15) is 19.2 Å². The van der Waals surface area contributed by atoms with E-state index in [1.54, 1.807) is 58.6 Å². The lowest BCUT2D eigenvalue weighted by Gasteiger charge is -2.36. The molecule has 2 rings (SSSR count). The van der Waals surface area contributed by atoms with Crippen LogP contribution in [0.3, 0.4) is 0 Å². The van der Waals surface area contributed by atoms with Gasteiger partial charge < -0.3 is 25.0 Å². The van der Waals surface area contributed by atoms with Crippen LogP contribution in [0.2, 0.25) is 0 Å². The van der Waals surface area contributed by atoms with Gasteiger partial charge in [-0.1, -0.05) is 107 Å². The summed E-state index contributed by atoms with van der Waals surface area (Å²) in [5.41, 5.74) is -0.0804. The van der Waals surface area contributed by atoms with Crippen LogP contribution in [0.5, 0.6) is 0 Å². The molecule has 0 aliphatic rings. The molecule has 3 unspecified atom stereocenters. The molecule has 2 aromatic carbocycles. The average Bonchev–Trinajstić information content (AvgIpc) is 2.97. The van der Waals surface area contributed by atoms with E-state index < -0.39 is 53.2 Å². The lowest BCUT2D eigenvalue weighted by Crippen LogP contribution is -2.56. The number of carbonyl (C=O) groups is 4. The van der Waals surface area contributed by atoms with Crippen LogP contribution in [0.25, 0.3) is 0 Å². The highest BCUT2D eigenvalue weighted by molar-refractivity contribution is 5.94. The van der Waals surface area contributed by atoms with E-state index in [1.807, 2.05) is 62.4 Å². The number of hydrogen-bond acceptors (Lipinski definition) is 6. The number of nitrogens with one attached hydrogen (secondary N) is 2. The van der Waals surface area contributed by atoms with Crippen molar-refractivity contribution in [3.8, 4) is 0 Å². The molecule has 0 aliphatic heterocycles. The molecule has 3 amide bonds. The third-order valence-corrected chi connectivity index (χ3v) is 7.36. The quantitative estimate of drug-likeness (QED) is 0.147. The smallest absolute Gasteiger partial charge is 0.408 e. The molecule has 0 fully saturated rings. The van der Waals surface area contributed by atoms with Crippen molar-refractivity contribution in [1.29, 1.82) is 0 Å². The van der Waals surface area contributed by atoms with Gasteiger partial charge >= 0.3 is 12.1 Å². The number of ether oxygens (including phenoxy) is 2. The molecule has 0 aromatic heterocycles. The molecule has 0 radical (unpaired) electrons. The molecule has 0 spiro atoms. The number of carbonyl (C=O) groups excluding carboxylic acids is 4. The Hall–Kier alpha value is -3.88. The fraction of sp³-hybridized carbons (Fsp3) is 0.579. The minimum absolute atomic E-state index is 0.211. The number of hydrogen-bond donors (Lipinski definition) is 2. The van der Waals surface area contributed by atoms with Crippen molar-refractivity contribution in [3.63, 3.8) is 0 Å². The molecule has 0 saturated heterocycles. The van der Waals surface area contributed by atoms with Crippen molar-refractivity contribution in [3.05, 3.63) is 71.8 Å². The van der Waals surface area contributed by atoms with Crippen molar-refractivity contribution in [2.24, 2.45) is 5.92 Å². The van der Waals surface area contributed by atoms with Gasteiger partial charge in [-0.25, -0.2) is 9.59 Å². The van der Waals surface area contributed by atoms with Crippen LogP contribution in [-0.4, -0.2) is 58.6 Å². The molecular weight excluding hydrogens is 594 g/mol. The van der Waals surface area contributed by atoms with Crippen molar-refractivity contribution in [1.82, 2.24) is 15.5 Å². The lowest BCUT2D eigenvalue weighted by molar-refractivity contribution is -0.159. The van der Waals surface area contributed by atoms with Gasteiger partial charge in [0.1, 0.15) is 29.3 Å². The maximum Gasteiger partial charge on any atom is 0.408 e. The zero-order valence-electron chi connectivity index (χ0n) is 29.9. The summed E-state index contributed by atoms with van der Waals surface area (Å²) in [5.74, 6) is -1.78. The molecule has 0 bridgehead atoms. The molecule has 0 aliphatic carbocycles. The standard InChI is InChI=1S/C38H57N3O6/c1-10-11-12-13-20-25-41(34(43)31(27(2)3)40-36(45)47-38(7,8)9)32(29-23-18-15-19-24-29)33(42)39-30(35(44)46-37(4,5)6)26-28-21-16-14-17-22-28/h14-19,21-24,27,30-32H,10-13,20,25-26H2,1-9H3,(H,39,42)(H,40,45). The highest BCUT2D eigenvalue weighted by Gasteiger charge is 2.39. The van der Waals surface area contributed by atoms with Gasteiger partial charge in [0.05, 0.1) is 0 Å². The first kappa shape index (κ1) is 39.3. The number of esters is 1. The van der Waals surface area contributed by atoms with Gasteiger partial charge in [-0.05, 0) is 65.0 Å². The van der Waals surface area contributed by atoms with Crippen molar-refractivity contribution >= 4 is 23.9 Å². The minimum Gasteiger partial charge on any atom is -0.458 e. The highest BCUT2D eigenvalue weighted by atomic mass is 16.6. The number of unbranched alkanes of at least 4 members (excludes halogenated alkanes) is 4. The topological polar surface area (TPSA) is 114 Å². The van der Waals surface area contributed by atoms with Crippen LogP contribution in [0.1, 0.15) is 112 Å². The van der Waals surface area contributed by atoms with Gasteiger partial charge in [0.2, 0.25) is 11.8 Å². The van der Waals surface area contributed by atoms with E-state index in [4.69, 9.17) is 9.47 Å². The zero-order chi connectivity index (χ0) is 35.2. The molecule has 2 aromatic rings. The predicted molar refractivity (Wildman–Crippen MR) is 186 cm³/mol. The predicted octanol–water partition coefficient (Wildman–Crippen LogP) is 7.15. The Bertz CT molecular complexity index is 1270. The highest BCUT2D eigenvalue weighted by Crippen LogP contribution is 2.26. The summed E-state index contributed by atoms with van der Waals surface area (Å²) in [5, 5.41) is 5.72. The third-order valence-electron chi connectivity index (χ3n) is 7.36. The van der Waals surface area contributed by atoms with Gasteiger partial charge in [0.15, 0.2) is 0 Å². The normalized spacial score (nSPS) is 13.7. The first-order chi connectivity index (χ1) is 22.0. The largest absolute Gasteiger partial charge is 0.458 e. The van der Waals surface area contributed by atoms with Crippen LogP contribution >= 0.6 is 0 Å². The first-order valence-corrected chi connectivity index (χ1v) is 16.9. The van der Waals surface area contributed by atoms with Gasteiger partial charge in [-0.15, -0.1) is 0 Å². The lowest BCUT2D eigenvalue weighted by atomic mass is 9.97. The summed E-state index contributed by atoms with van der Waals surface area (Å²) in [6, 6.07) is 15.4. The van der Waals surface area contributed by atoms with E-state index >= 15 is 0 Å². The summed E-state index contributed by atoms with van der Waals surface area (Å²) >= 11 is 0. The molecular formula is C38H57N3O6. The van der Waals surface area contributed by atoms with Crippen molar-refractivity contribution in [2.75, 3.05) is 6.54 Å². The number of amides is 3. The van der Waals surface area contributed by atoms with E-state index in [0.717, 1.165) is 31.2 Å². The van der Waals surface area contributed by atoms with E-state index in [0.29, 0.717) is 12.0 Å². The number of alkyl carbamates (subject to hydrolysis) is 1. The molecule has 9 nitrogen and oxygen atoms in total. The number of nitrogens with zero attached hydrogens (tertiary/aromatic N) is 1. The summed E-state index contributed by atoms with van der Waals surface area (Å²) in [4.78, 5) is 56.9. The fourth-order valence-corrected chi connectivity index (χ4v) is 5.15. The molecule has 0 saturated carbocycles. The Kier molecular flexibility index (Phi) is 15.4. The fourth-order valence-electron chi connectivity index (χ4n) is 5.15. The van der Waals surface area contributed by atoms with E-state index in [1.165, 1.54) is 0 Å². The summed E-state index contributed by atoms with van der Waals surface area (Å²) in [7, 11) is 0. The minimum atomic E-state index is -1.07. The second-order valence-corrected chi connectivity index (χ2v) is 14.4. The van der Waals surface area contributed by atoms with Crippen molar-refractivity contribution in [2.45, 2.75) is 130 Å². The monoisotopic (exact) mass is 651 g/mol. The van der Waals surface area contributed by atoms with Crippen LogP contribution < -0.4 is 10.6 Å². The van der Waals surface area contributed by atoms with Gasteiger partial charge in [0.25, 0.3) is 0 Å². The summed E-state index contributed by atoms with van der Waals surface area (Å²) in [6.45, 7) is 16.7. The molecule has 260 valence electrons. The maximum atomic E-state index is 14.5. The van der Waals surface area contributed by atoms with E-state index in [2.05, 4.69) is 17.6 Å². The van der Waals surface area contributed by atoms with Gasteiger partial charge in [-0.2, -0.15) is 0 Å². The molecule has 2 N–H and O–H groups in total. The van der Waals surface area contributed by atoms with Gasteiger partial charge in [0, 0.05) is 13.0 Å². The van der Waals surface area contributed by atoms with Crippen LogP contribution in [0.15, 0.2) is 60.7 Å². The third kappa shape index (κ3) is 14.2. The van der Waals surface area contributed by atoms with Crippen LogP contribution in [0, 0.1) is 5.92 Å². The first-order valence-electron chi connectivity index (χ1n) is 16.9. The van der Waals surface area contributed by atoms with Crippen molar-refractivity contribution < 1.29 is 28.7 Å². The number of rotatable bonds is 16. The average molecular weight is 652 g/mol. The zero-order valence-corrected chi connectivity index (χ0v) is 29.9. The second-order valence-electron chi connectivity index (χ2n) is 14.4. The Morgan fingerprint density at radius 2 is 1.30 bits per heavy atom. The Balaban J connectivity index is 2.56. The van der Waals surface area contributed by atoms with Gasteiger partial charge in [-0.3, -0.25) is 9.59 Å². The summed E-state index contributed by atoms with van der Waals surface area (Å²) in [6.07, 6.45) is 4.19. The molecule has 9 heteroatoms. The molecule has 0 heterocycles. The SMILES string of the molecule is CCCCCCCN(C(=O)C(NC(=O)OC(C)(C)C)C(C)C)C(C(=O)NC(Cc1ccccc1)C(=O)OC(C)(C)C)c1ccccc1. The number of benzene rings is 2. The van der Waals surface area contributed by atoms with Crippen LogP contribution in [0.4, 0.5) is 4.79 Å². The maximum absolute atomic E-state index is 14.5.